The first kappa shape index (κ1) is 15.0. The number of anilines is 1. The van der Waals surface area contributed by atoms with E-state index in [0.717, 1.165) is 0 Å². The van der Waals surface area contributed by atoms with E-state index in [-0.39, 0.29) is 18.9 Å². The molecule has 2 N–H and O–H groups in total. The van der Waals surface area contributed by atoms with Crippen molar-refractivity contribution in [3.05, 3.63) is 41.2 Å². The lowest BCUT2D eigenvalue weighted by molar-refractivity contribution is -0.116. The molecule has 1 amide bonds. The van der Waals surface area contributed by atoms with Gasteiger partial charge in [-0.25, -0.2) is 0 Å². The van der Waals surface area contributed by atoms with Gasteiger partial charge >= 0.3 is 0 Å². The molecule has 7 heteroatoms. The number of benzene rings is 1. The quantitative estimate of drug-likeness (QED) is 0.835. The minimum Gasteiger partial charge on any atom is -0.384 e. The third kappa shape index (κ3) is 4.60. The number of amides is 1. The van der Waals surface area contributed by atoms with Crippen molar-refractivity contribution < 1.29 is 9.90 Å². The highest BCUT2D eigenvalue weighted by Crippen LogP contribution is 2.20. The van der Waals surface area contributed by atoms with Crippen molar-refractivity contribution >= 4 is 23.2 Å². The first-order valence-corrected chi connectivity index (χ1v) is 6.60. The summed E-state index contributed by atoms with van der Waals surface area (Å²) in [6.45, 7) is 0.187. The number of nitrogens with one attached hydrogen (secondary N) is 1. The molecule has 1 aromatic carbocycles. The van der Waals surface area contributed by atoms with E-state index in [9.17, 15) is 4.79 Å². The number of aromatic nitrogens is 3. The summed E-state index contributed by atoms with van der Waals surface area (Å²) >= 11 is 5.92. The number of carbonyl (C=O) groups excluding carboxylic acids is 1. The monoisotopic (exact) mass is 304 g/mol. The number of rotatable bonds is 4. The molecule has 1 aromatic heterocycles. The lowest BCUT2D eigenvalue weighted by Crippen LogP contribution is -2.15. The summed E-state index contributed by atoms with van der Waals surface area (Å²) < 4.78 is 1.57. The molecule has 0 saturated heterocycles. The van der Waals surface area contributed by atoms with E-state index in [1.807, 2.05) is 0 Å². The molecule has 0 spiro atoms. The fourth-order valence-corrected chi connectivity index (χ4v) is 1.82. The van der Waals surface area contributed by atoms with Gasteiger partial charge in [0.2, 0.25) is 5.91 Å². The second kappa shape index (κ2) is 7.43. The Kier molecular flexibility index (Phi) is 5.32. The zero-order valence-corrected chi connectivity index (χ0v) is 11.8. The van der Waals surface area contributed by atoms with Crippen molar-refractivity contribution in [3.63, 3.8) is 0 Å². The Labute approximate surface area is 126 Å². The summed E-state index contributed by atoms with van der Waals surface area (Å²) in [7, 11) is 0. The van der Waals surface area contributed by atoms with Gasteiger partial charge in [-0.2, -0.15) is 0 Å². The van der Waals surface area contributed by atoms with Crippen LogP contribution in [0.4, 0.5) is 5.69 Å². The summed E-state index contributed by atoms with van der Waals surface area (Å²) in [4.78, 5) is 11.9. The summed E-state index contributed by atoms with van der Waals surface area (Å²) in [6, 6.07) is 4.99. The second-order valence-corrected chi connectivity index (χ2v) is 4.55. The van der Waals surface area contributed by atoms with E-state index in [2.05, 4.69) is 27.5 Å². The molecule has 0 radical (unpaired) electrons. The average Bonchev–Trinajstić information content (AvgIpc) is 2.98. The van der Waals surface area contributed by atoms with Crippen molar-refractivity contribution in [1.82, 2.24) is 15.0 Å². The van der Waals surface area contributed by atoms with Gasteiger partial charge in [-0.1, -0.05) is 28.7 Å². The van der Waals surface area contributed by atoms with E-state index < -0.39 is 0 Å². The fraction of sp³-hybridized carbons (Fsp3) is 0.214. The van der Waals surface area contributed by atoms with Crippen LogP contribution in [0, 0.1) is 11.8 Å². The lowest BCUT2D eigenvalue weighted by atomic mass is 10.1. The molecule has 6 nitrogen and oxygen atoms in total. The van der Waals surface area contributed by atoms with Gasteiger partial charge < -0.3 is 10.4 Å². The number of aliphatic hydroxyl groups is 1. The zero-order valence-electron chi connectivity index (χ0n) is 11.1. The summed E-state index contributed by atoms with van der Waals surface area (Å²) in [6.07, 6.45) is 3.49. The highest BCUT2D eigenvalue weighted by Gasteiger charge is 2.07. The molecule has 0 aliphatic heterocycles. The Morgan fingerprint density at radius 3 is 3.05 bits per heavy atom. The van der Waals surface area contributed by atoms with Gasteiger partial charge in [0.25, 0.3) is 0 Å². The largest absolute Gasteiger partial charge is 0.384 e. The molecule has 0 aliphatic rings. The molecule has 21 heavy (non-hydrogen) atoms. The minimum atomic E-state index is -0.248. The molecule has 2 rings (SSSR count). The third-order valence-corrected chi connectivity index (χ3v) is 2.83. The predicted octanol–water partition coefficient (Wildman–Crippen LogP) is 1.30. The minimum absolute atomic E-state index is 0.181. The van der Waals surface area contributed by atoms with E-state index in [4.69, 9.17) is 16.7 Å². The fourth-order valence-electron chi connectivity index (χ4n) is 1.64. The molecule has 1 heterocycles. The zero-order chi connectivity index (χ0) is 15.1. The van der Waals surface area contributed by atoms with Crippen LogP contribution in [0.5, 0.6) is 0 Å². The first-order chi connectivity index (χ1) is 10.2. The van der Waals surface area contributed by atoms with Crippen LogP contribution in [0.25, 0.3) is 0 Å². The SMILES string of the molecule is O=C(CCn1ccnn1)Nc1cc(Cl)ccc1C#CCO. The molecule has 0 saturated carbocycles. The van der Waals surface area contributed by atoms with Crippen LogP contribution in [-0.2, 0) is 11.3 Å². The van der Waals surface area contributed by atoms with Crippen molar-refractivity contribution in [2.24, 2.45) is 0 Å². The average molecular weight is 305 g/mol. The number of aliphatic hydroxyl groups excluding tert-OH is 1. The Morgan fingerprint density at radius 2 is 2.33 bits per heavy atom. The second-order valence-electron chi connectivity index (χ2n) is 4.11. The van der Waals surface area contributed by atoms with E-state index in [1.54, 1.807) is 35.3 Å². The topological polar surface area (TPSA) is 80.0 Å². The van der Waals surface area contributed by atoms with Crippen LogP contribution < -0.4 is 5.32 Å². The van der Waals surface area contributed by atoms with Crippen molar-refractivity contribution in [1.29, 1.82) is 0 Å². The summed E-state index contributed by atoms with van der Waals surface area (Å²) in [5, 5.41) is 19.4. The Bertz CT molecular complexity index is 674. The third-order valence-electron chi connectivity index (χ3n) is 2.60. The molecular weight excluding hydrogens is 292 g/mol. The number of carbonyl (C=O) groups is 1. The lowest BCUT2D eigenvalue weighted by Gasteiger charge is -2.08. The summed E-state index contributed by atoms with van der Waals surface area (Å²) in [5.41, 5.74) is 1.12. The highest BCUT2D eigenvalue weighted by molar-refractivity contribution is 6.31. The molecule has 0 fully saturated rings. The van der Waals surface area contributed by atoms with Gasteiger partial charge in [0.1, 0.15) is 6.61 Å². The number of aryl methyl sites for hydroxylation is 1. The van der Waals surface area contributed by atoms with Crippen LogP contribution in [0.3, 0.4) is 0 Å². The van der Waals surface area contributed by atoms with Crippen LogP contribution >= 0.6 is 11.6 Å². The van der Waals surface area contributed by atoms with E-state index >= 15 is 0 Å². The predicted molar refractivity (Wildman–Crippen MR) is 78.7 cm³/mol. The standard InChI is InChI=1S/C14H13ClN4O2/c15-12-4-3-11(2-1-9-20)13(10-12)17-14(21)5-7-19-8-6-16-18-19/h3-4,6,8,10,20H,5,7,9H2,(H,17,21). The van der Waals surface area contributed by atoms with Gasteiger partial charge in [0.15, 0.2) is 0 Å². The van der Waals surface area contributed by atoms with Crippen LogP contribution in [0.2, 0.25) is 5.02 Å². The molecule has 2 aromatic rings. The number of nitrogens with zero attached hydrogens (tertiary/aromatic N) is 3. The maximum atomic E-state index is 11.9. The van der Waals surface area contributed by atoms with Crippen LogP contribution in [0.1, 0.15) is 12.0 Å². The number of hydrogen-bond donors (Lipinski definition) is 2. The molecule has 0 aliphatic carbocycles. The molecular formula is C14H13ClN4O2. The van der Waals surface area contributed by atoms with Crippen molar-refractivity contribution in [2.45, 2.75) is 13.0 Å². The Hall–Kier alpha value is -2.36. The van der Waals surface area contributed by atoms with Crippen LogP contribution in [0.15, 0.2) is 30.6 Å². The van der Waals surface area contributed by atoms with Crippen LogP contribution in [-0.4, -0.2) is 32.6 Å². The summed E-state index contributed by atoms with van der Waals surface area (Å²) in [5.74, 6) is 5.12. The first-order valence-electron chi connectivity index (χ1n) is 6.22. The molecule has 0 unspecified atom stereocenters. The maximum Gasteiger partial charge on any atom is 0.226 e. The van der Waals surface area contributed by atoms with Crippen molar-refractivity contribution in [2.75, 3.05) is 11.9 Å². The van der Waals surface area contributed by atoms with Gasteiger partial charge in [0.05, 0.1) is 18.4 Å². The maximum absolute atomic E-state index is 11.9. The van der Waals surface area contributed by atoms with E-state index in [0.29, 0.717) is 22.8 Å². The number of hydrogen-bond acceptors (Lipinski definition) is 4. The van der Waals surface area contributed by atoms with Gasteiger partial charge in [-0.05, 0) is 18.2 Å². The van der Waals surface area contributed by atoms with E-state index in [1.165, 1.54) is 0 Å². The van der Waals surface area contributed by atoms with Gasteiger partial charge in [0, 0.05) is 23.2 Å². The Morgan fingerprint density at radius 1 is 1.48 bits per heavy atom. The normalized spacial score (nSPS) is 9.81. The molecule has 0 bridgehead atoms. The van der Waals surface area contributed by atoms with Crippen molar-refractivity contribution in [3.8, 4) is 11.8 Å². The Balaban J connectivity index is 2.03. The van der Waals surface area contributed by atoms with Gasteiger partial charge in [-0.15, -0.1) is 5.10 Å². The molecule has 108 valence electrons. The molecule has 0 atom stereocenters. The highest BCUT2D eigenvalue weighted by atomic mass is 35.5. The smallest absolute Gasteiger partial charge is 0.226 e. The number of halogens is 1. The van der Waals surface area contributed by atoms with Gasteiger partial charge in [-0.3, -0.25) is 9.48 Å².